The van der Waals surface area contributed by atoms with Crippen LogP contribution in [0.2, 0.25) is 0 Å². The van der Waals surface area contributed by atoms with Crippen molar-refractivity contribution in [3.05, 3.63) is 35.4 Å². The third-order valence-corrected chi connectivity index (χ3v) is 2.79. The summed E-state index contributed by atoms with van der Waals surface area (Å²) in [6.07, 6.45) is 0.502. The van der Waals surface area contributed by atoms with E-state index in [1.54, 1.807) is 48.5 Å². The zero-order valence-electron chi connectivity index (χ0n) is 16.1. The molecular formula is C19H25F2NO4. The number of halogens is 2. The molecule has 5 nitrogen and oxygen atoms in total. The molecule has 0 spiro atoms. The molecule has 0 aliphatic rings. The molecule has 0 fully saturated rings. The summed E-state index contributed by atoms with van der Waals surface area (Å²) in [7, 11) is 0. The van der Waals surface area contributed by atoms with Gasteiger partial charge in [-0.25, -0.2) is 18.4 Å². The fourth-order valence-electron chi connectivity index (χ4n) is 1.95. The molecule has 144 valence electrons. The fraction of sp³-hybridized carbons (Fsp3) is 0.474. The van der Waals surface area contributed by atoms with E-state index in [0.717, 1.165) is 12.1 Å². The van der Waals surface area contributed by atoms with Gasteiger partial charge >= 0.3 is 12.2 Å². The van der Waals surface area contributed by atoms with Gasteiger partial charge in [-0.05, 0) is 54.5 Å². The van der Waals surface area contributed by atoms with Crippen molar-refractivity contribution in [2.75, 3.05) is 4.90 Å². The maximum atomic E-state index is 14.8. The summed E-state index contributed by atoms with van der Waals surface area (Å²) in [5, 5.41) is 0. The normalized spacial score (nSPS) is 12.2. The van der Waals surface area contributed by atoms with E-state index in [1.807, 2.05) is 0 Å². The number of nitrogens with zero attached hydrogens (tertiary/aromatic N) is 1. The van der Waals surface area contributed by atoms with Gasteiger partial charge in [0.15, 0.2) is 5.82 Å². The molecule has 0 aliphatic carbocycles. The van der Waals surface area contributed by atoms with Crippen molar-refractivity contribution in [1.29, 1.82) is 0 Å². The first-order valence-corrected chi connectivity index (χ1v) is 8.13. The predicted molar refractivity (Wildman–Crippen MR) is 96.0 cm³/mol. The van der Waals surface area contributed by atoms with Crippen LogP contribution in [0.15, 0.2) is 18.2 Å². The SMILES string of the molecule is C/C=C/c1cc(F)cc(N(C(=O)OC(C)(C)C)C(=O)OC(C)(C)C)c1F. The van der Waals surface area contributed by atoms with Gasteiger partial charge in [0.1, 0.15) is 17.0 Å². The number of rotatable bonds is 2. The molecule has 0 aromatic heterocycles. The third-order valence-electron chi connectivity index (χ3n) is 2.79. The van der Waals surface area contributed by atoms with Crippen LogP contribution < -0.4 is 4.90 Å². The minimum Gasteiger partial charge on any atom is -0.443 e. The molecule has 0 atom stereocenters. The average molecular weight is 369 g/mol. The first-order chi connectivity index (χ1) is 11.7. The summed E-state index contributed by atoms with van der Waals surface area (Å²) in [5.41, 5.74) is -2.60. The molecule has 26 heavy (non-hydrogen) atoms. The summed E-state index contributed by atoms with van der Waals surface area (Å²) in [4.78, 5) is 25.4. The smallest absolute Gasteiger partial charge is 0.424 e. The van der Waals surface area contributed by atoms with Gasteiger partial charge in [0.2, 0.25) is 0 Å². The monoisotopic (exact) mass is 369 g/mol. The van der Waals surface area contributed by atoms with Crippen LogP contribution in [-0.4, -0.2) is 23.4 Å². The van der Waals surface area contributed by atoms with Crippen molar-refractivity contribution in [2.24, 2.45) is 0 Å². The maximum absolute atomic E-state index is 14.8. The van der Waals surface area contributed by atoms with Crippen molar-refractivity contribution >= 4 is 23.9 Å². The van der Waals surface area contributed by atoms with Crippen LogP contribution in [0.3, 0.4) is 0 Å². The second-order valence-electron chi connectivity index (χ2n) is 7.62. The van der Waals surface area contributed by atoms with Crippen LogP contribution in [0.25, 0.3) is 6.08 Å². The predicted octanol–water partition coefficient (Wildman–Crippen LogP) is 5.67. The van der Waals surface area contributed by atoms with E-state index in [9.17, 15) is 18.4 Å². The molecule has 0 saturated heterocycles. The van der Waals surface area contributed by atoms with E-state index in [4.69, 9.17) is 9.47 Å². The van der Waals surface area contributed by atoms with E-state index < -0.39 is 40.7 Å². The lowest BCUT2D eigenvalue weighted by Crippen LogP contribution is -2.44. The number of imide groups is 1. The Balaban J connectivity index is 3.50. The average Bonchev–Trinajstić information content (AvgIpc) is 2.40. The second kappa shape index (κ2) is 7.85. The lowest BCUT2D eigenvalue weighted by Gasteiger charge is -2.29. The second-order valence-corrected chi connectivity index (χ2v) is 7.62. The molecule has 0 aliphatic heterocycles. The van der Waals surface area contributed by atoms with Gasteiger partial charge < -0.3 is 9.47 Å². The Kier molecular flexibility index (Phi) is 6.52. The fourth-order valence-corrected chi connectivity index (χ4v) is 1.95. The van der Waals surface area contributed by atoms with Crippen molar-refractivity contribution < 1.29 is 27.8 Å². The van der Waals surface area contributed by atoms with Crippen LogP contribution in [0.4, 0.5) is 24.1 Å². The maximum Gasteiger partial charge on any atom is 0.424 e. The van der Waals surface area contributed by atoms with E-state index in [1.165, 1.54) is 12.2 Å². The van der Waals surface area contributed by atoms with Crippen LogP contribution in [0.5, 0.6) is 0 Å². The number of carbonyl (C=O) groups is 2. The summed E-state index contributed by atoms with van der Waals surface area (Å²) in [6.45, 7) is 11.2. The number of carbonyl (C=O) groups excluding carboxylic acids is 2. The molecular weight excluding hydrogens is 344 g/mol. The van der Waals surface area contributed by atoms with Crippen LogP contribution >= 0.6 is 0 Å². The topological polar surface area (TPSA) is 55.8 Å². The Hall–Kier alpha value is -2.44. The quantitative estimate of drug-likeness (QED) is 0.673. The van der Waals surface area contributed by atoms with Crippen molar-refractivity contribution in [2.45, 2.75) is 59.7 Å². The summed E-state index contributed by atoms with van der Waals surface area (Å²) in [5.74, 6) is -1.76. The zero-order chi connectivity index (χ0) is 20.3. The van der Waals surface area contributed by atoms with E-state index in [-0.39, 0.29) is 5.56 Å². The molecule has 0 unspecified atom stereocenters. The van der Waals surface area contributed by atoms with Gasteiger partial charge in [0.25, 0.3) is 0 Å². The molecule has 1 aromatic rings. The summed E-state index contributed by atoms with van der Waals surface area (Å²) < 4.78 is 39.1. The number of anilines is 1. The Morgan fingerprint density at radius 2 is 1.42 bits per heavy atom. The molecule has 0 N–H and O–H groups in total. The van der Waals surface area contributed by atoms with Crippen LogP contribution in [-0.2, 0) is 9.47 Å². The number of ether oxygens (including phenoxy) is 2. The van der Waals surface area contributed by atoms with Crippen molar-refractivity contribution in [3.63, 3.8) is 0 Å². The molecule has 7 heteroatoms. The number of hydrogen-bond acceptors (Lipinski definition) is 4. The lowest BCUT2D eigenvalue weighted by molar-refractivity contribution is 0.0429. The number of benzene rings is 1. The van der Waals surface area contributed by atoms with Crippen LogP contribution in [0.1, 0.15) is 54.0 Å². The summed E-state index contributed by atoms with van der Waals surface area (Å²) >= 11 is 0. The molecule has 0 saturated carbocycles. The van der Waals surface area contributed by atoms with Crippen molar-refractivity contribution in [3.8, 4) is 0 Å². The minimum absolute atomic E-state index is 0.111. The van der Waals surface area contributed by atoms with Gasteiger partial charge in [-0.3, -0.25) is 0 Å². The van der Waals surface area contributed by atoms with Gasteiger partial charge in [0, 0.05) is 11.6 Å². The van der Waals surface area contributed by atoms with Crippen molar-refractivity contribution in [1.82, 2.24) is 0 Å². The molecule has 1 aromatic carbocycles. The highest BCUT2D eigenvalue weighted by Gasteiger charge is 2.35. The molecule has 0 bridgehead atoms. The molecule has 2 amide bonds. The first kappa shape index (κ1) is 21.6. The third kappa shape index (κ3) is 6.13. The Morgan fingerprint density at radius 1 is 0.962 bits per heavy atom. The van der Waals surface area contributed by atoms with E-state index >= 15 is 0 Å². The number of hydrogen-bond donors (Lipinski definition) is 0. The highest BCUT2D eigenvalue weighted by molar-refractivity contribution is 6.09. The zero-order valence-corrected chi connectivity index (χ0v) is 16.1. The first-order valence-electron chi connectivity index (χ1n) is 8.13. The molecule has 1 rings (SSSR count). The standard InChI is InChI=1S/C19H25F2NO4/c1-8-9-12-10-13(20)11-14(15(12)21)22(16(23)25-18(2,3)4)17(24)26-19(5,6)7/h8-11H,1-7H3/b9-8+. The Bertz CT molecular complexity index is 687. The number of amides is 2. The van der Waals surface area contributed by atoms with E-state index in [0.29, 0.717) is 4.90 Å². The van der Waals surface area contributed by atoms with Gasteiger partial charge in [-0.1, -0.05) is 12.2 Å². The Labute approximate surface area is 152 Å². The molecule has 0 radical (unpaired) electrons. The van der Waals surface area contributed by atoms with Gasteiger partial charge in [0.05, 0.1) is 5.69 Å². The highest BCUT2D eigenvalue weighted by atomic mass is 19.1. The Morgan fingerprint density at radius 3 is 1.81 bits per heavy atom. The van der Waals surface area contributed by atoms with Gasteiger partial charge in [-0.2, -0.15) is 4.90 Å². The van der Waals surface area contributed by atoms with Gasteiger partial charge in [-0.15, -0.1) is 0 Å². The lowest BCUT2D eigenvalue weighted by atomic mass is 10.1. The van der Waals surface area contributed by atoms with Crippen LogP contribution in [0, 0.1) is 11.6 Å². The minimum atomic E-state index is -1.16. The van der Waals surface area contributed by atoms with E-state index in [2.05, 4.69) is 0 Å². The number of allylic oxidation sites excluding steroid dienone is 1. The highest BCUT2D eigenvalue weighted by Crippen LogP contribution is 2.28. The largest absolute Gasteiger partial charge is 0.443 e. The summed E-state index contributed by atoms with van der Waals surface area (Å²) in [6, 6.07) is 1.71. The molecule has 0 heterocycles.